The van der Waals surface area contributed by atoms with Crippen molar-refractivity contribution in [2.24, 2.45) is 0 Å². The number of carbonyl (C=O) groups is 1. The molecule has 1 saturated heterocycles. The lowest BCUT2D eigenvalue weighted by Gasteiger charge is -2.22. The van der Waals surface area contributed by atoms with Crippen LogP contribution in [0, 0.1) is 0 Å². The number of hydrogen-bond acceptors (Lipinski definition) is 6. The van der Waals surface area contributed by atoms with Crippen LogP contribution >= 0.6 is 0 Å². The Morgan fingerprint density at radius 3 is 2.57 bits per heavy atom. The van der Waals surface area contributed by atoms with Gasteiger partial charge < -0.3 is 10.2 Å². The van der Waals surface area contributed by atoms with Crippen molar-refractivity contribution in [3.05, 3.63) is 18.1 Å². The van der Waals surface area contributed by atoms with Crippen LogP contribution in [0.2, 0.25) is 0 Å². The highest BCUT2D eigenvalue weighted by molar-refractivity contribution is 7.91. The lowest BCUT2D eigenvalue weighted by molar-refractivity contribution is 0.0741. The van der Waals surface area contributed by atoms with E-state index in [1.807, 2.05) is 13.8 Å². The summed E-state index contributed by atoms with van der Waals surface area (Å²) in [4.78, 5) is 22.0. The summed E-state index contributed by atoms with van der Waals surface area (Å²) in [6.45, 7) is 3.96. The zero-order valence-electron chi connectivity index (χ0n) is 12.4. The van der Waals surface area contributed by atoms with Crippen molar-refractivity contribution < 1.29 is 13.2 Å². The number of carbonyl (C=O) groups excluding carboxylic acids is 1. The SMILES string of the molecule is CC(C)Nc1cnc(C(=O)N(C)C2CCS(=O)(=O)C2)cn1. The van der Waals surface area contributed by atoms with Crippen LogP contribution in [0.1, 0.15) is 30.8 Å². The fraction of sp³-hybridized carbons (Fsp3) is 0.615. The molecule has 0 saturated carbocycles. The first-order valence-corrected chi connectivity index (χ1v) is 8.67. The summed E-state index contributed by atoms with van der Waals surface area (Å²) in [5.41, 5.74) is 0.219. The van der Waals surface area contributed by atoms with Gasteiger partial charge in [-0.2, -0.15) is 0 Å². The van der Waals surface area contributed by atoms with Crippen LogP contribution in [0.25, 0.3) is 0 Å². The van der Waals surface area contributed by atoms with Crippen LogP contribution in [-0.2, 0) is 9.84 Å². The van der Waals surface area contributed by atoms with Gasteiger partial charge in [-0.05, 0) is 20.3 Å². The number of amides is 1. The average molecular weight is 312 g/mol. The molecule has 21 heavy (non-hydrogen) atoms. The molecule has 1 aliphatic heterocycles. The van der Waals surface area contributed by atoms with Crippen molar-refractivity contribution in [3.63, 3.8) is 0 Å². The number of anilines is 1. The van der Waals surface area contributed by atoms with Crippen molar-refractivity contribution in [3.8, 4) is 0 Å². The maximum absolute atomic E-state index is 12.3. The van der Waals surface area contributed by atoms with Crippen LogP contribution in [0.4, 0.5) is 5.82 Å². The Labute approximate surface area is 124 Å². The fourth-order valence-corrected chi connectivity index (χ4v) is 4.01. The standard InChI is InChI=1S/C13H20N4O3S/c1-9(2)16-12-7-14-11(6-15-12)13(18)17(3)10-4-5-21(19,20)8-10/h6-7,9-10H,4-5,8H2,1-3H3,(H,15,16). The van der Waals surface area contributed by atoms with Crippen LogP contribution in [0.15, 0.2) is 12.4 Å². The Morgan fingerprint density at radius 2 is 2.10 bits per heavy atom. The van der Waals surface area contributed by atoms with Gasteiger partial charge in [0.25, 0.3) is 5.91 Å². The third kappa shape index (κ3) is 3.90. The molecule has 1 N–H and O–H groups in total. The van der Waals surface area contributed by atoms with Gasteiger partial charge in [0.05, 0.1) is 23.9 Å². The molecule has 1 amide bonds. The molecular weight excluding hydrogens is 292 g/mol. The summed E-state index contributed by atoms with van der Waals surface area (Å²) in [5, 5.41) is 3.09. The van der Waals surface area contributed by atoms with Gasteiger partial charge in [-0.3, -0.25) is 4.79 Å². The molecule has 0 radical (unpaired) electrons. The molecule has 116 valence electrons. The first-order valence-electron chi connectivity index (χ1n) is 6.84. The van der Waals surface area contributed by atoms with E-state index in [1.165, 1.54) is 17.3 Å². The molecule has 2 rings (SSSR count). The highest BCUT2D eigenvalue weighted by Gasteiger charge is 2.33. The van der Waals surface area contributed by atoms with Crippen LogP contribution in [0.3, 0.4) is 0 Å². The van der Waals surface area contributed by atoms with E-state index in [0.717, 1.165) is 0 Å². The van der Waals surface area contributed by atoms with Gasteiger partial charge >= 0.3 is 0 Å². The summed E-state index contributed by atoms with van der Waals surface area (Å²) in [7, 11) is -1.41. The summed E-state index contributed by atoms with van der Waals surface area (Å²) in [6.07, 6.45) is 3.39. The van der Waals surface area contributed by atoms with E-state index in [2.05, 4.69) is 15.3 Å². The Bertz CT molecular complexity index is 613. The molecule has 1 fully saturated rings. The Hall–Kier alpha value is -1.70. The number of sulfone groups is 1. The van der Waals surface area contributed by atoms with Gasteiger partial charge in [0.1, 0.15) is 11.5 Å². The molecule has 0 spiro atoms. The molecule has 1 atom stereocenters. The number of aromatic nitrogens is 2. The molecule has 8 heteroatoms. The molecular formula is C13H20N4O3S. The van der Waals surface area contributed by atoms with Crippen LogP contribution in [-0.4, -0.2) is 59.8 Å². The van der Waals surface area contributed by atoms with Gasteiger partial charge in [-0.15, -0.1) is 0 Å². The van der Waals surface area contributed by atoms with Crippen molar-refractivity contribution >= 4 is 21.6 Å². The maximum atomic E-state index is 12.3. The summed E-state index contributed by atoms with van der Waals surface area (Å²) in [5.74, 6) is 0.460. The largest absolute Gasteiger partial charge is 0.367 e. The van der Waals surface area contributed by atoms with E-state index in [9.17, 15) is 13.2 Å². The topological polar surface area (TPSA) is 92.3 Å². The Kier molecular flexibility index (Phi) is 4.46. The van der Waals surface area contributed by atoms with Crippen molar-refractivity contribution in [1.82, 2.24) is 14.9 Å². The van der Waals surface area contributed by atoms with Gasteiger partial charge in [-0.1, -0.05) is 0 Å². The minimum absolute atomic E-state index is 0.0235. The zero-order valence-corrected chi connectivity index (χ0v) is 13.2. The molecule has 0 aliphatic carbocycles. The van der Waals surface area contributed by atoms with Gasteiger partial charge in [-0.25, -0.2) is 18.4 Å². The minimum Gasteiger partial charge on any atom is -0.367 e. The molecule has 1 aromatic heterocycles. The maximum Gasteiger partial charge on any atom is 0.274 e. The highest BCUT2D eigenvalue weighted by atomic mass is 32.2. The molecule has 0 aromatic carbocycles. The average Bonchev–Trinajstić information content (AvgIpc) is 2.77. The van der Waals surface area contributed by atoms with Crippen molar-refractivity contribution in [2.75, 3.05) is 23.9 Å². The smallest absolute Gasteiger partial charge is 0.274 e. The summed E-state index contributed by atoms with van der Waals surface area (Å²) < 4.78 is 23.0. The summed E-state index contributed by atoms with van der Waals surface area (Å²) >= 11 is 0. The van der Waals surface area contributed by atoms with Crippen LogP contribution < -0.4 is 5.32 Å². The number of hydrogen-bond donors (Lipinski definition) is 1. The van der Waals surface area contributed by atoms with Gasteiger partial charge in [0, 0.05) is 19.1 Å². The second-order valence-electron chi connectivity index (χ2n) is 5.56. The molecule has 7 nitrogen and oxygen atoms in total. The normalized spacial score (nSPS) is 20.5. The molecule has 1 unspecified atom stereocenters. The zero-order chi connectivity index (χ0) is 15.6. The van der Waals surface area contributed by atoms with Crippen molar-refractivity contribution in [1.29, 1.82) is 0 Å². The second-order valence-corrected chi connectivity index (χ2v) is 7.79. The lowest BCUT2D eigenvalue weighted by atomic mass is 10.2. The first-order chi connectivity index (χ1) is 9.78. The molecule has 0 bridgehead atoms. The molecule has 2 heterocycles. The highest BCUT2D eigenvalue weighted by Crippen LogP contribution is 2.18. The van der Waals surface area contributed by atoms with Crippen molar-refractivity contribution in [2.45, 2.75) is 32.4 Å². The van der Waals surface area contributed by atoms with E-state index in [4.69, 9.17) is 0 Å². The third-order valence-electron chi connectivity index (χ3n) is 3.38. The fourth-order valence-electron chi connectivity index (χ4n) is 2.24. The predicted molar refractivity (Wildman–Crippen MR) is 79.9 cm³/mol. The summed E-state index contributed by atoms with van der Waals surface area (Å²) in [6, 6.07) is -0.0509. The third-order valence-corrected chi connectivity index (χ3v) is 5.13. The monoisotopic (exact) mass is 312 g/mol. The van der Waals surface area contributed by atoms with E-state index in [0.29, 0.717) is 12.2 Å². The van der Waals surface area contributed by atoms with E-state index in [-0.39, 0.29) is 35.2 Å². The number of nitrogens with zero attached hydrogens (tertiary/aromatic N) is 3. The molecule has 1 aliphatic rings. The quantitative estimate of drug-likeness (QED) is 0.873. The Morgan fingerprint density at radius 1 is 1.38 bits per heavy atom. The second kappa shape index (κ2) is 5.97. The number of nitrogens with one attached hydrogen (secondary N) is 1. The predicted octanol–water partition coefficient (Wildman–Crippen LogP) is 0.556. The first kappa shape index (κ1) is 15.7. The molecule has 1 aromatic rings. The van der Waals surface area contributed by atoms with E-state index < -0.39 is 9.84 Å². The van der Waals surface area contributed by atoms with Crippen LogP contribution in [0.5, 0.6) is 0 Å². The lowest BCUT2D eigenvalue weighted by Crippen LogP contribution is -2.38. The number of rotatable bonds is 4. The minimum atomic E-state index is -3.02. The van der Waals surface area contributed by atoms with Gasteiger partial charge in [0.2, 0.25) is 0 Å². The van der Waals surface area contributed by atoms with E-state index in [1.54, 1.807) is 7.05 Å². The van der Waals surface area contributed by atoms with E-state index >= 15 is 0 Å². The van der Waals surface area contributed by atoms with Gasteiger partial charge in [0.15, 0.2) is 9.84 Å². The Balaban J connectivity index is 2.06.